The van der Waals surface area contributed by atoms with Gasteiger partial charge in [0.15, 0.2) is 0 Å². The molecule has 1 N–H and O–H groups in total. The minimum absolute atomic E-state index is 0.208. The van der Waals surface area contributed by atoms with Crippen molar-refractivity contribution >= 4 is 11.6 Å². The molecule has 19 heavy (non-hydrogen) atoms. The molecule has 0 saturated carbocycles. The zero-order valence-corrected chi connectivity index (χ0v) is 11.5. The summed E-state index contributed by atoms with van der Waals surface area (Å²) in [7, 11) is 0. The largest absolute Gasteiger partial charge is 0.394 e. The predicted octanol–water partition coefficient (Wildman–Crippen LogP) is 1.28. The number of rotatable bonds is 3. The Hall–Kier alpha value is -1.36. The third-order valence-electron chi connectivity index (χ3n) is 4.27. The van der Waals surface area contributed by atoms with Crippen molar-refractivity contribution in [3.63, 3.8) is 0 Å². The highest BCUT2D eigenvalue weighted by Crippen LogP contribution is 2.27. The van der Waals surface area contributed by atoms with Gasteiger partial charge in [0.25, 0.3) is 0 Å². The van der Waals surface area contributed by atoms with E-state index in [-0.39, 0.29) is 12.6 Å². The van der Waals surface area contributed by atoms with E-state index >= 15 is 0 Å². The normalized spacial score (nSPS) is 27.3. The number of nitrogens with zero attached hydrogens (tertiary/aromatic N) is 4. The Morgan fingerprint density at radius 1 is 1.26 bits per heavy atom. The zero-order chi connectivity index (χ0) is 13.2. The SMILES string of the molecule is C[C@H]1CCN(c2cc(N3CCC[C@H]3CO)ncn2)C1. The highest BCUT2D eigenvalue weighted by atomic mass is 16.3. The first-order chi connectivity index (χ1) is 9.28. The van der Waals surface area contributed by atoms with Crippen LogP contribution < -0.4 is 9.80 Å². The van der Waals surface area contributed by atoms with Crippen LogP contribution in [0.1, 0.15) is 26.2 Å². The first kappa shape index (κ1) is 12.7. The lowest BCUT2D eigenvalue weighted by Crippen LogP contribution is -2.33. The van der Waals surface area contributed by atoms with Crippen LogP contribution in [0.25, 0.3) is 0 Å². The summed E-state index contributed by atoms with van der Waals surface area (Å²) in [4.78, 5) is 13.3. The van der Waals surface area contributed by atoms with E-state index in [1.54, 1.807) is 6.33 Å². The minimum Gasteiger partial charge on any atom is -0.394 e. The topological polar surface area (TPSA) is 52.5 Å². The summed E-state index contributed by atoms with van der Waals surface area (Å²) in [6.45, 7) is 5.64. The standard InChI is InChI=1S/C14H22N4O/c1-11-4-6-17(8-11)13-7-14(16-10-15-13)18-5-2-3-12(18)9-19/h7,10-12,19H,2-6,8-9H2,1H3/t11-,12-/m0/s1. The van der Waals surface area contributed by atoms with Gasteiger partial charge in [-0.25, -0.2) is 9.97 Å². The van der Waals surface area contributed by atoms with Crippen LogP contribution in [0.4, 0.5) is 11.6 Å². The van der Waals surface area contributed by atoms with E-state index in [4.69, 9.17) is 0 Å². The second-order valence-corrected chi connectivity index (χ2v) is 5.75. The summed E-state index contributed by atoms with van der Waals surface area (Å²) in [5.74, 6) is 2.73. The molecule has 0 bridgehead atoms. The molecule has 0 unspecified atom stereocenters. The quantitative estimate of drug-likeness (QED) is 0.889. The van der Waals surface area contributed by atoms with E-state index in [1.807, 2.05) is 0 Å². The van der Waals surface area contributed by atoms with Gasteiger partial charge in [0.1, 0.15) is 18.0 Å². The van der Waals surface area contributed by atoms with Crippen molar-refractivity contribution in [3.05, 3.63) is 12.4 Å². The lowest BCUT2D eigenvalue weighted by atomic mass is 10.2. The predicted molar refractivity (Wildman–Crippen MR) is 75.5 cm³/mol. The summed E-state index contributed by atoms with van der Waals surface area (Å²) in [6.07, 6.45) is 5.07. The first-order valence-corrected chi connectivity index (χ1v) is 7.22. The van der Waals surface area contributed by atoms with Crippen LogP contribution in [0, 0.1) is 5.92 Å². The summed E-state index contributed by atoms with van der Waals surface area (Å²) < 4.78 is 0. The third kappa shape index (κ3) is 2.52. The number of aromatic nitrogens is 2. The average molecular weight is 262 g/mol. The molecular formula is C14H22N4O. The van der Waals surface area contributed by atoms with Crippen molar-refractivity contribution < 1.29 is 5.11 Å². The molecule has 2 saturated heterocycles. The molecule has 1 aromatic heterocycles. The minimum atomic E-state index is 0.208. The molecule has 3 rings (SSSR count). The van der Waals surface area contributed by atoms with Gasteiger partial charge in [-0.2, -0.15) is 0 Å². The van der Waals surface area contributed by atoms with E-state index in [0.717, 1.165) is 50.0 Å². The highest BCUT2D eigenvalue weighted by molar-refractivity contribution is 5.51. The molecule has 2 aliphatic heterocycles. The van der Waals surface area contributed by atoms with Crippen molar-refractivity contribution in [2.75, 3.05) is 36.0 Å². The van der Waals surface area contributed by atoms with E-state index in [0.29, 0.717) is 0 Å². The molecule has 0 spiro atoms. The second kappa shape index (κ2) is 5.33. The Bertz CT molecular complexity index is 439. The molecule has 2 atom stereocenters. The first-order valence-electron chi connectivity index (χ1n) is 7.22. The summed E-state index contributed by atoms with van der Waals surface area (Å²) in [6, 6.07) is 2.30. The van der Waals surface area contributed by atoms with Crippen molar-refractivity contribution in [1.82, 2.24) is 9.97 Å². The maximum absolute atomic E-state index is 9.42. The van der Waals surface area contributed by atoms with E-state index in [9.17, 15) is 5.11 Å². The zero-order valence-electron chi connectivity index (χ0n) is 11.5. The summed E-state index contributed by atoms with van der Waals surface area (Å²) >= 11 is 0. The smallest absolute Gasteiger partial charge is 0.134 e. The van der Waals surface area contributed by atoms with Crippen LogP contribution in [0.2, 0.25) is 0 Å². The van der Waals surface area contributed by atoms with Gasteiger partial charge >= 0.3 is 0 Å². The van der Waals surface area contributed by atoms with Gasteiger partial charge < -0.3 is 14.9 Å². The van der Waals surface area contributed by atoms with Crippen LogP contribution >= 0.6 is 0 Å². The van der Waals surface area contributed by atoms with Gasteiger partial charge in [0.2, 0.25) is 0 Å². The Balaban J connectivity index is 1.79. The molecule has 0 radical (unpaired) electrons. The number of aliphatic hydroxyl groups excluding tert-OH is 1. The van der Waals surface area contributed by atoms with Crippen molar-refractivity contribution in [1.29, 1.82) is 0 Å². The van der Waals surface area contributed by atoms with Gasteiger partial charge in [-0.05, 0) is 25.2 Å². The molecule has 5 heteroatoms. The Labute approximate surface area is 114 Å². The van der Waals surface area contributed by atoms with Crippen molar-refractivity contribution in [2.45, 2.75) is 32.2 Å². The molecule has 2 fully saturated rings. The van der Waals surface area contributed by atoms with Gasteiger partial charge in [-0.3, -0.25) is 0 Å². The fourth-order valence-electron chi connectivity index (χ4n) is 3.14. The molecule has 2 aliphatic rings. The van der Waals surface area contributed by atoms with Crippen molar-refractivity contribution in [3.8, 4) is 0 Å². The Morgan fingerprint density at radius 3 is 2.84 bits per heavy atom. The van der Waals surface area contributed by atoms with E-state index < -0.39 is 0 Å². The molecule has 0 aromatic carbocycles. The maximum Gasteiger partial charge on any atom is 0.134 e. The summed E-state index contributed by atoms with van der Waals surface area (Å²) in [5, 5.41) is 9.42. The van der Waals surface area contributed by atoms with Crippen LogP contribution in [0.15, 0.2) is 12.4 Å². The number of hydrogen-bond acceptors (Lipinski definition) is 5. The molecule has 0 amide bonds. The molecule has 0 aliphatic carbocycles. The Morgan fingerprint density at radius 2 is 2.11 bits per heavy atom. The average Bonchev–Trinajstić information content (AvgIpc) is 3.07. The molecule has 1 aromatic rings. The van der Waals surface area contributed by atoms with Crippen LogP contribution in [-0.2, 0) is 0 Å². The Kier molecular flexibility index (Phi) is 3.55. The fourth-order valence-corrected chi connectivity index (χ4v) is 3.14. The molecular weight excluding hydrogens is 240 g/mol. The fraction of sp³-hybridized carbons (Fsp3) is 0.714. The second-order valence-electron chi connectivity index (χ2n) is 5.75. The molecule has 5 nitrogen and oxygen atoms in total. The van der Waals surface area contributed by atoms with Gasteiger partial charge in [-0.1, -0.05) is 6.92 Å². The van der Waals surface area contributed by atoms with Gasteiger partial charge in [-0.15, -0.1) is 0 Å². The number of anilines is 2. The lowest BCUT2D eigenvalue weighted by Gasteiger charge is -2.25. The van der Waals surface area contributed by atoms with Gasteiger partial charge in [0.05, 0.1) is 12.6 Å². The third-order valence-corrected chi connectivity index (χ3v) is 4.27. The van der Waals surface area contributed by atoms with Crippen LogP contribution in [-0.4, -0.2) is 47.4 Å². The molecule has 104 valence electrons. The lowest BCUT2D eigenvalue weighted by molar-refractivity contribution is 0.266. The van der Waals surface area contributed by atoms with E-state index in [2.05, 4.69) is 32.8 Å². The number of hydrogen-bond donors (Lipinski definition) is 1. The van der Waals surface area contributed by atoms with Crippen molar-refractivity contribution in [2.24, 2.45) is 5.92 Å². The highest BCUT2D eigenvalue weighted by Gasteiger charge is 2.26. The van der Waals surface area contributed by atoms with Crippen LogP contribution in [0.3, 0.4) is 0 Å². The van der Waals surface area contributed by atoms with Gasteiger partial charge in [0, 0.05) is 25.7 Å². The maximum atomic E-state index is 9.42. The number of aliphatic hydroxyl groups is 1. The summed E-state index contributed by atoms with van der Waals surface area (Å²) in [5.41, 5.74) is 0. The van der Waals surface area contributed by atoms with E-state index in [1.165, 1.54) is 6.42 Å². The monoisotopic (exact) mass is 262 g/mol. The van der Waals surface area contributed by atoms with Crippen LogP contribution in [0.5, 0.6) is 0 Å². The molecule has 3 heterocycles.